The SMILES string of the molecule is CC(=O)c1cc(C#N)c(Br)c(C(F)(F)F)c1. The number of Topliss-reactive ketones (excluding diaryl/α,β-unsaturated/α-hetero) is 1. The summed E-state index contributed by atoms with van der Waals surface area (Å²) >= 11 is 2.71. The summed E-state index contributed by atoms with van der Waals surface area (Å²) in [6.45, 7) is 1.14. The summed E-state index contributed by atoms with van der Waals surface area (Å²) in [7, 11) is 0. The number of carbonyl (C=O) groups is 1. The van der Waals surface area contributed by atoms with Crippen LogP contribution in [0.5, 0.6) is 0 Å². The minimum absolute atomic E-state index is 0.132. The van der Waals surface area contributed by atoms with Crippen LogP contribution in [0.15, 0.2) is 16.6 Å². The van der Waals surface area contributed by atoms with Gasteiger partial charge < -0.3 is 0 Å². The van der Waals surface area contributed by atoms with E-state index in [-0.39, 0.29) is 15.6 Å². The maximum atomic E-state index is 12.6. The van der Waals surface area contributed by atoms with Gasteiger partial charge in [-0.2, -0.15) is 18.4 Å². The molecule has 0 N–H and O–H groups in total. The highest BCUT2D eigenvalue weighted by atomic mass is 79.9. The van der Waals surface area contributed by atoms with Gasteiger partial charge >= 0.3 is 6.18 Å². The second kappa shape index (κ2) is 4.26. The van der Waals surface area contributed by atoms with Crippen LogP contribution in [0, 0.1) is 11.3 Å². The summed E-state index contributed by atoms with van der Waals surface area (Å²) in [5.41, 5.74) is -1.36. The number of benzene rings is 1. The van der Waals surface area contributed by atoms with Crippen molar-refractivity contribution in [3.8, 4) is 6.07 Å². The van der Waals surface area contributed by atoms with Crippen LogP contribution >= 0.6 is 15.9 Å². The van der Waals surface area contributed by atoms with Gasteiger partial charge in [-0.15, -0.1) is 0 Å². The lowest BCUT2D eigenvalue weighted by Gasteiger charge is -2.11. The summed E-state index contributed by atoms with van der Waals surface area (Å²) < 4.78 is 37.3. The van der Waals surface area contributed by atoms with Gasteiger partial charge in [-0.05, 0) is 35.0 Å². The fraction of sp³-hybridized carbons (Fsp3) is 0.200. The van der Waals surface area contributed by atoms with Crippen LogP contribution in [0.25, 0.3) is 0 Å². The Kier molecular flexibility index (Phi) is 3.38. The van der Waals surface area contributed by atoms with E-state index in [0.717, 1.165) is 19.1 Å². The molecule has 6 heteroatoms. The standard InChI is InChI=1S/C10H5BrF3NO/c1-5(16)6-2-7(4-15)9(11)8(3-6)10(12,13)14/h2-3H,1H3. The van der Waals surface area contributed by atoms with Gasteiger partial charge in [-0.25, -0.2) is 0 Å². The Labute approximate surface area is 97.8 Å². The first-order chi connectivity index (χ1) is 7.27. The zero-order valence-electron chi connectivity index (χ0n) is 8.02. The monoisotopic (exact) mass is 291 g/mol. The highest BCUT2D eigenvalue weighted by Crippen LogP contribution is 2.37. The summed E-state index contributed by atoms with van der Waals surface area (Å²) in [6.07, 6.45) is -4.60. The first-order valence-corrected chi connectivity index (χ1v) is 4.88. The number of carbonyl (C=O) groups excluding carboxylic acids is 1. The maximum absolute atomic E-state index is 12.6. The second-order valence-corrected chi connectivity index (χ2v) is 3.84. The quantitative estimate of drug-likeness (QED) is 0.743. The number of nitriles is 1. The van der Waals surface area contributed by atoms with E-state index in [1.54, 1.807) is 6.07 Å². The lowest BCUT2D eigenvalue weighted by atomic mass is 10.0. The van der Waals surface area contributed by atoms with E-state index in [1.165, 1.54) is 0 Å². The summed E-state index contributed by atoms with van der Waals surface area (Å²) in [6, 6.07) is 3.46. The molecule has 0 fully saturated rings. The van der Waals surface area contributed by atoms with Crippen molar-refractivity contribution in [2.75, 3.05) is 0 Å². The summed E-state index contributed by atoms with van der Waals surface area (Å²) in [4.78, 5) is 11.0. The molecule has 2 nitrogen and oxygen atoms in total. The molecule has 0 saturated carbocycles. The minimum atomic E-state index is -4.60. The zero-order chi connectivity index (χ0) is 12.5. The van der Waals surface area contributed by atoms with Crippen LogP contribution < -0.4 is 0 Å². The predicted octanol–water partition coefficient (Wildman–Crippen LogP) is 3.54. The number of hydrogen-bond donors (Lipinski definition) is 0. The Morgan fingerprint density at radius 1 is 1.44 bits per heavy atom. The third kappa shape index (κ3) is 2.42. The molecule has 84 valence electrons. The van der Waals surface area contributed by atoms with Crippen LogP contribution in [0.2, 0.25) is 0 Å². The predicted molar refractivity (Wildman–Crippen MR) is 53.9 cm³/mol. The normalized spacial score (nSPS) is 11.0. The number of rotatable bonds is 1. The van der Waals surface area contributed by atoms with Crippen molar-refractivity contribution in [2.45, 2.75) is 13.1 Å². The highest BCUT2D eigenvalue weighted by molar-refractivity contribution is 9.10. The molecule has 0 bridgehead atoms. The van der Waals surface area contributed by atoms with Crippen molar-refractivity contribution >= 4 is 21.7 Å². The van der Waals surface area contributed by atoms with Crippen LogP contribution in [-0.4, -0.2) is 5.78 Å². The Bertz CT molecular complexity index is 488. The largest absolute Gasteiger partial charge is 0.417 e. The smallest absolute Gasteiger partial charge is 0.295 e. The third-order valence-corrected chi connectivity index (χ3v) is 2.76. The number of halogens is 4. The molecule has 0 aromatic heterocycles. The van der Waals surface area contributed by atoms with Crippen LogP contribution in [0.1, 0.15) is 28.4 Å². The molecule has 16 heavy (non-hydrogen) atoms. The average Bonchev–Trinajstić information content (AvgIpc) is 2.15. The third-order valence-electron chi connectivity index (χ3n) is 1.90. The number of nitrogens with zero attached hydrogens (tertiary/aromatic N) is 1. The van der Waals surface area contributed by atoms with Crippen LogP contribution in [0.4, 0.5) is 13.2 Å². The Morgan fingerprint density at radius 2 is 2.00 bits per heavy atom. The summed E-state index contributed by atoms with van der Waals surface area (Å²) in [5.74, 6) is -0.519. The van der Waals surface area contributed by atoms with Crippen LogP contribution in [-0.2, 0) is 6.18 Å². The van der Waals surface area contributed by atoms with Gasteiger partial charge in [-0.3, -0.25) is 4.79 Å². The van der Waals surface area contributed by atoms with Crippen LogP contribution in [0.3, 0.4) is 0 Å². The zero-order valence-corrected chi connectivity index (χ0v) is 9.61. The van der Waals surface area contributed by atoms with Gasteiger partial charge in [0.2, 0.25) is 0 Å². The highest BCUT2D eigenvalue weighted by Gasteiger charge is 2.34. The lowest BCUT2D eigenvalue weighted by molar-refractivity contribution is -0.138. The van der Waals surface area contributed by atoms with E-state index < -0.39 is 17.5 Å². The Hall–Kier alpha value is -1.35. The van der Waals surface area contributed by atoms with Crippen molar-refractivity contribution in [3.05, 3.63) is 33.3 Å². The molecule has 0 aliphatic carbocycles. The van der Waals surface area contributed by atoms with Crippen molar-refractivity contribution in [3.63, 3.8) is 0 Å². The van der Waals surface area contributed by atoms with E-state index >= 15 is 0 Å². The van der Waals surface area contributed by atoms with E-state index in [4.69, 9.17) is 5.26 Å². The van der Waals surface area contributed by atoms with Crippen molar-refractivity contribution in [1.82, 2.24) is 0 Å². The van der Waals surface area contributed by atoms with E-state index in [1.807, 2.05) is 0 Å². The first kappa shape index (κ1) is 12.7. The molecule has 0 aliphatic heterocycles. The molecule has 1 aromatic rings. The topological polar surface area (TPSA) is 40.9 Å². The molecule has 1 aromatic carbocycles. The fourth-order valence-electron chi connectivity index (χ4n) is 1.12. The van der Waals surface area contributed by atoms with Crippen molar-refractivity contribution in [2.24, 2.45) is 0 Å². The van der Waals surface area contributed by atoms with Gasteiger partial charge in [-0.1, -0.05) is 0 Å². The molecule has 0 amide bonds. The molecule has 0 aliphatic rings. The molecule has 0 radical (unpaired) electrons. The molecule has 0 heterocycles. The van der Waals surface area contributed by atoms with Crippen molar-refractivity contribution < 1.29 is 18.0 Å². The lowest BCUT2D eigenvalue weighted by Crippen LogP contribution is -2.09. The maximum Gasteiger partial charge on any atom is 0.417 e. The number of ketones is 1. The Morgan fingerprint density at radius 3 is 2.38 bits per heavy atom. The summed E-state index contributed by atoms with van der Waals surface area (Å²) in [5, 5.41) is 8.66. The van der Waals surface area contributed by atoms with Gasteiger partial charge in [0.15, 0.2) is 5.78 Å². The Balaban J connectivity index is 3.56. The molecular weight excluding hydrogens is 287 g/mol. The molecule has 0 saturated heterocycles. The molecule has 1 rings (SSSR count). The fourth-order valence-corrected chi connectivity index (χ4v) is 1.66. The molecular formula is C10H5BrF3NO. The molecule has 0 spiro atoms. The minimum Gasteiger partial charge on any atom is -0.295 e. The van der Waals surface area contributed by atoms with Gasteiger partial charge in [0.05, 0.1) is 11.1 Å². The first-order valence-electron chi connectivity index (χ1n) is 4.09. The van der Waals surface area contributed by atoms with E-state index in [2.05, 4.69) is 15.9 Å². The van der Waals surface area contributed by atoms with Gasteiger partial charge in [0, 0.05) is 10.0 Å². The second-order valence-electron chi connectivity index (χ2n) is 3.05. The number of hydrogen-bond acceptors (Lipinski definition) is 2. The van der Waals surface area contributed by atoms with E-state index in [0.29, 0.717) is 0 Å². The number of alkyl halides is 3. The molecule has 0 unspecified atom stereocenters. The van der Waals surface area contributed by atoms with Gasteiger partial charge in [0.1, 0.15) is 6.07 Å². The van der Waals surface area contributed by atoms with Gasteiger partial charge in [0.25, 0.3) is 0 Å². The van der Waals surface area contributed by atoms with E-state index in [9.17, 15) is 18.0 Å². The molecule has 0 atom stereocenters. The van der Waals surface area contributed by atoms with Crippen molar-refractivity contribution in [1.29, 1.82) is 5.26 Å². The average molecular weight is 292 g/mol.